The molecule has 3 rings (SSSR count). The Kier molecular flexibility index (Phi) is 1.93. The van der Waals surface area contributed by atoms with E-state index in [0.717, 1.165) is 29.0 Å². The third-order valence-corrected chi connectivity index (χ3v) is 2.52. The number of aldehydes is 1. The van der Waals surface area contributed by atoms with Gasteiger partial charge in [0.15, 0.2) is 17.8 Å². The summed E-state index contributed by atoms with van der Waals surface area (Å²) in [5.41, 5.74) is 2.49. The number of ether oxygens (including phenoxy) is 2. The number of aromatic nitrogens is 1. The normalized spacial score (nSPS) is 12.8. The SMILES string of the molecule is O=Cc1c[nH]c(-c2ccc3c(c2)OCO3)c1. The van der Waals surface area contributed by atoms with Gasteiger partial charge in [-0.2, -0.15) is 0 Å². The first kappa shape index (κ1) is 9.03. The van der Waals surface area contributed by atoms with E-state index in [0.29, 0.717) is 5.56 Å². The van der Waals surface area contributed by atoms with Crippen LogP contribution < -0.4 is 9.47 Å². The van der Waals surface area contributed by atoms with Crippen LogP contribution in [0.25, 0.3) is 11.3 Å². The molecule has 0 unspecified atom stereocenters. The third kappa shape index (κ3) is 1.35. The van der Waals surface area contributed by atoms with E-state index in [-0.39, 0.29) is 6.79 Å². The number of H-pyrrole nitrogens is 1. The molecule has 0 fully saturated rings. The predicted molar refractivity (Wildman–Crippen MR) is 57.7 cm³/mol. The first-order chi connectivity index (χ1) is 7.86. The first-order valence-corrected chi connectivity index (χ1v) is 4.90. The predicted octanol–water partition coefficient (Wildman–Crippen LogP) is 2.22. The molecule has 1 N–H and O–H groups in total. The number of carbonyl (C=O) groups is 1. The van der Waals surface area contributed by atoms with Crippen LogP contribution in [-0.2, 0) is 0 Å². The summed E-state index contributed by atoms with van der Waals surface area (Å²) in [6, 6.07) is 7.47. The van der Waals surface area contributed by atoms with Gasteiger partial charge in [-0.15, -0.1) is 0 Å². The van der Waals surface area contributed by atoms with Gasteiger partial charge < -0.3 is 14.5 Å². The van der Waals surface area contributed by atoms with Gasteiger partial charge in [0.25, 0.3) is 0 Å². The van der Waals surface area contributed by atoms with Gasteiger partial charge in [-0.1, -0.05) is 0 Å². The van der Waals surface area contributed by atoms with Crippen molar-refractivity contribution in [2.45, 2.75) is 0 Å². The van der Waals surface area contributed by atoms with E-state index in [1.807, 2.05) is 18.2 Å². The van der Waals surface area contributed by atoms with Crippen molar-refractivity contribution in [1.29, 1.82) is 0 Å². The van der Waals surface area contributed by atoms with Crippen molar-refractivity contribution in [2.75, 3.05) is 6.79 Å². The minimum Gasteiger partial charge on any atom is -0.454 e. The highest BCUT2D eigenvalue weighted by atomic mass is 16.7. The summed E-state index contributed by atoms with van der Waals surface area (Å²) in [6.07, 6.45) is 2.49. The number of nitrogens with one attached hydrogen (secondary N) is 1. The molecule has 1 aliphatic rings. The lowest BCUT2D eigenvalue weighted by Crippen LogP contribution is -1.92. The fourth-order valence-corrected chi connectivity index (χ4v) is 1.71. The summed E-state index contributed by atoms with van der Waals surface area (Å²) < 4.78 is 10.5. The summed E-state index contributed by atoms with van der Waals surface area (Å²) in [5.74, 6) is 1.49. The Morgan fingerprint density at radius 2 is 2.06 bits per heavy atom. The molecule has 4 nitrogen and oxygen atoms in total. The second kappa shape index (κ2) is 3.41. The Hall–Kier alpha value is -2.23. The smallest absolute Gasteiger partial charge is 0.231 e. The van der Waals surface area contributed by atoms with Gasteiger partial charge in [0, 0.05) is 23.0 Å². The fourth-order valence-electron chi connectivity index (χ4n) is 1.71. The highest BCUT2D eigenvalue weighted by Crippen LogP contribution is 2.35. The van der Waals surface area contributed by atoms with Crippen LogP contribution in [0.15, 0.2) is 30.5 Å². The van der Waals surface area contributed by atoms with Gasteiger partial charge in [0.2, 0.25) is 6.79 Å². The number of hydrogen-bond acceptors (Lipinski definition) is 3. The van der Waals surface area contributed by atoms with Crippen molar-refractivity contribution < 1.29 is 14.3 Å². The Balaban J connectivity index is 2.03. The molecule has 0 aliphatic carbocycles. The molecule has 80 valence electrons. The molecule has 1 aliphatic heterocycles. The van der Waals surface area contributed by atoms with E-state index in [4.69, 9.17) is 9.47 Å². The number of aromatic amines is 1. The van der Waals surface area contributed by atoms with Gasteiger partial charge in [0.1, 0.15) is 0 Å². The monoisotopic (exact) mass is 215 g/mol. The summed E-state index contributed by atoms with van der Waals surface area (Å²) in [4.78, 5) is 13.6. The average molecular weight is 215 g/mol. The van der Waals surface area contributed by atoms with Crippen LogP contribution in [0.3, 0.4) is 0 Å². The molecule has 0 atom stereocenters. The maximum absolute atomic E-state index is 10.6. The van der Waals surface area contributed by atoms with E-state index in [2.05, 4.69) is 4.98 Å². The van der Waals surface area contributed by atoms with Crippen molar-refractivity contribution in [3.63, 3.8) is 0 Å². The quantitative estimate of drug-likeness (QED) is 0.781. The largest absolute Gasteiger partial charge is 0.454 e. The van der Waals surface area contributed by atoms with E-state index in [9.17, 15) is 4.79 Å². The second-order valence-electron chi connectivity index (χ2n) is 3.53. The number of hydrogen-bond donors (Lipinski definition) is 1. The molecular weight excluding hydrogens is 206 g/mol. The maximum atomic E-state index is 10.6. The zero-order valence-corrected chi connectivity index (χ0v) is 8.40. The summed E-state index contributed by atoms with van der Waals surface area (Å²) >= 11 is 0. The molecule has 0 spiro atoms. The molecule has 1 aromatic carbocycles. The molecule has 2 aromatic rings. The number of rotatable bonds is 2. The van der Waals surface area contributed by atoms with Crippen LogP contribution >= 0.6 is 0 Å². The van der Waals surface area contributed by atoms with Crippen LogP contribution in [0, 0.1) is 0 Å². The highest BCUT2D eigenvalue weighted by molar-refractivity contribution is 5.78. The minimum atomic E-state index is 0.267. The Morgan fingerprint density at radius 1 is 1.19 bits per heavy atom. The average Bonchev–Trinajstić information content (AvgIpc) is 2.96. The second-order valence-corrected chi connectivity index (χ2v) is 3.53. The molecule has 0 saturated carbocycles. The van der Waals surface area contributed by atoms with Gasteiger partial charge in [-0.25, -0.2) is 0 Å². The van der Waals surface area contributed by atoms with Crippen LogP contribution in [0.5, 0.6) is 11.5 Å². The minimum absolute atomic E-state index is 0.267. The fraction of sp³-hybridized carbons (Fsp3) is 0.0833. The van der Waals surface area contributed by atoms with Crippen molar-refractivity contribution in [3.05, 3.63) is 36.0 Å². The third-order valence-electron chi connectivity index (χ3n) is 2.52. The molecule has 16 heavy (non-hydrogen) atoms. The van der Waals surface area contributed by atoms with Crippen LogP contribution in [0.2, 0.25) is 0 Å². The van der Waals surface area contributed by atoms with Crippen molar-refractivity contribution in [3.8, 4) is 22.8 Å². The Labute approximate surface area is 91.8 Å². The van der Waals surface area contributed by atoms with E-state index < -0.39 is 0 Å². The summed E-state index contributed by atoms with van der Waals surface area (Å²) in [7, 11) is 0. The zero-order valence-electron chi connectivity index (χ0n) is 8.40. The van der Waals surface area contributed by atoms with Crippen LogP contribution in [0.4, 0.5) is 0 Å². The van der Waals surface area contributed by atoms with E-state index in [1.54, 1.807) is 12.3 Å². The Morgan fingerprint density at radius 3 is 2.88 bits per heavy atom. The molecule has 0 amide bonds. The maximum Gasteiger partial charge on any atom is 0.231 e. The lowest BCUT2D eigenvalue weighted by molar-refractivity contribution is 0.112. The number of benzene rings is 1. The summed E-state index contributed by atoms with van der Waals surface area (Å²) in [6.45, 7) is 0.267. The van der Waals surface area contributed by atoms with Gasteiger partial charge in [-0.05, 0) is 24.3 Å². The van der Waals surface area contributed by atoms with Gasteiger partial charge in [0.05, 0.1) is 0 Å². The molecule has 4 heteroatoms. The summed E-state index contributed by atoms with van der Waals surface area (Å²) in [5, 5.41) is 0. The van der Waals surface area contributed by atoms with Crippen LogP contribution in [-0.4, -0.2) is 18.1 Å². The molecule has 2 heterocycles. The van der Waals surface area contributed by atoms with Crippen LogP contribution in [0.1, 0.15) is 10.4 Å². The molecular formula is C12H9NO3. The lowest BCUT2D eigenvalue weighted by Gasteiger charge is -2.00. The van der Waals surface area contributed by atoms with Crippen molar-refractivity contribution in [2.24, 2.45) is 0 Å². The first-order valence-electron chi connectivity index (χ1n) is 4.90. The standard InChI is InChI=1S/C12H9NO3/c14-6-8-3-10(13-5-8)9-1-2-11-12(4-9)16-7-15-11/h1-6,13H,7H2. The van der Waals surface area contributed by atoms with Crippen molar-refractivity contribution in [1.82, 2.24) is 4.98 Å². The number of fused-ring (bicyclic) bond motifs is 1. The molecule has 0 saturated heterocycles. The molecule has 1 aromatic heterocycles. The Bertz CT molecular complexity index is 545. The highest BCUT2D eigenvalue weighted by Gasteiger charge is 2.14. The zero-order chi connectivity index (χ0) is 11.0. The lowest BCUT2D eigenvalue weighted by atomic mass is 10.1. The molecule has 0 bridgehead atoms. The van der Waals surface area contributed by atoms with Gasteiger partial charge in [-0.3, -0.25) is 4.79 Å². The van der Waals surface area contributed by atoms with Gasteiger partial charge >= 0.3 is 0 Å². The van der Waals surface area contributed by atoms with E-state index in [1.165, 1.54) is 0 Å². The topological polar surface area (TPSA) is 51.3 Å². The van der Waals surface area contributed by atoms with Crippen molar-refractivity contribution >= 4 is 6.29 Å². The van der Waals surface area contributed by atoms with E-state index >= 15 is 0 Å². The number of carbonyl (C=O) groups excluding carboxylic acids is 1. The molecule has 0 radical (unpaired) electrons.